The van der Waals surface area contributed by atoms with E-state index >= 15 is 0 Å². The number of para-hydroxylation sites is 1. The van der Waals surface area contributed by atoms with Crippen LogP contribution in [0.1, 0.15) is 11.1 Å². The topological polar surface area (TPSA) is 25.8 Å². The van der Waals surface area contributed by atoms with Gasteiger partial charge in [-0.05, 0) is 40.8 Å². The number of hydrogen-bond donors (Lipinski definition) is 0. The molecule has 2 heteroatoms. The lowest BCUT2D eigenvalue weighted by Crippen LogP contribution is -1.92. The molecule has 0 radical (unpaired) electrons. The van der Waals surface area contributed by atoms with E-state index in [1.165, 1.54) is 21.9 Å². The molecule has 4 aromatic rings. The number of nitrogens with zero attached hydrogens (tertiary/aromatic N) is 2. The largest absolute Gasteiger partial charge is 0.236 e. The summed E-state index contributed by atoms with van der Waals surface area (Å²) < 4.78 is 0. The van der Waals surface area contributed by atoms with Crippen molar-refractivity contribution in [1.29, 1.82) is 0 Å². The van der Waals surface area contributed by atoms with E-state index in [0.717, 1.165) is 35.1 Å². The van der Waals surface area contributed by atoms with Gasteiger partial charge in [-0.3, -0.25) is 0 Å². The fraction of sp³-hybridized carbons (Fsp3) is 0.100. The zero-order valence-corrected chi connectivity index (χ0v) is 12.1. The molecule has 1 aliphatic carbocycles. The highest BCUT2D eigenvalue weighted by Gasteiger charge is 2.17. The van der Waals surface area contributed by atoms with Crippen LogP contribution in [0.4, 0.5) is 0 Å². The molecule has 0 fully saturated rings. The van der Waals surface area contributed by atoms with Gasteiger partial charge in [0.05, 0.1) is 5.52 Å². The number of rotatable bonds is 1. The lowest BCUT2D eigenvalue weighted by molar-refractivity contribution is 1.02. The Hall–Kier alpha value is -2.74. The fourth-order valence-electron chi connectivity index (χ4n) is 3.54. The zero-order chi connectivity index (χ0) is 14.5. The van der Waals surface area contributed by atoms with Crippen molar-refractivity contribution in [1.82, 2.24) is 9.97 Å². The molecular weight excluding hydrogens is 268 g/mol. The molecule has 0 aliphatic heterocycles. The Kier molecular flexibility index (Phi) is 2.36. The Labute approximate surface area is 128 Å². The third-order valence-corrected chi connectivity index (χ3v) is 4.61. The van der Waals surface area contributed by atoms with Crippen LogP contribution in [0.3, 0.4) is 0 Å². The van der Waals surface area contributed by atoms with Crippen LogP contribution >= 0.6 is 0 Å². The van der Waals surface area contributed by atoms with Crippen LogP contribution in [-0.4, -0.2) is 9.97 Å². The molecule has 0 saturated carbocycles. The highest BCUT2D eigenvalue weighted by atomic mass is 14.9. The Morgan fingerprint density at radius 1 is 0.773 bits per heavy atom. The molecule has 0 bridgehead atoms. The van der Waals surface area contributed by atoms with Crippen molar-refractivity contribution < 1.29 is 0 Å². The minimum atomic E-state index is 0.814. The molecule has 1 heterocycles. The van der Waals surface area contributed by atoms with Gasteiger partial charge in [-0.15, -0.1) is 0 Å². The second-order valence-corrected chi connectivity index (χ2v) is 5.86. The molecule has 0 spiro atoms. The van der Waals surface area contributed by atoms with Crippen molar-refractivity contribution in [3.05, 3.63) is 71.9 Å². The summed E-state index contributed by atoms with van der Waals surface area (Å²) in [5, 5.41) is 3.77. The van der Waals surface area contributed by atoms with Gasteiger partial charge < -0.3 is 0 Å². The predicted octanol–water partition coefficient (Wildman–Crippen LogP) is 4.55. The van der Waals surface area contributed by atoms with Crippen LogP contribution in [0.2, 0.25) is 0 Å². The minimum Gasteiger partial charge on any atom is -0.236 e. The molecule has 0 saturated heterocycles. The summed E-state index contributed by atoms with van der Waals surface area (Å²) in [6, 6.07) is 19.1. The van der Waals surface area contributed by atoms with Gasteiger partial charge in [0.25, 0.3) is 0 Å². The maximum atomic E-state index is 4.76. The maximum Gasteiger partial charge on any atom is 0.160 e. The maximum absolute atomic E-state index is 4.76. The first-order chi connectivity index (χ1) is 10.9. The minimum absolute atomic E-state index is 0.814. The molecule has 0 N–H and O–H groups in total. The predicted molar refractivity (Wildman–Crippen MR) is 89.9 cm³/mol. The molecular formula is C20H14N2. The van der Waals surface area contributed by atoms with Crippen LogP contribution < -0.4 is 0 Å². The molecule has 0 amide bonds. The molecule has 1 aromatic heterocycles. The summed E-state index contributed by atoms with van der Waals surface area (Å²) in [5.41, 5.74) is 5.04. The third kappa shape index (κ3) is 1.61. The highest BCUT2D eigenvalue weighted by Crippen LogP contribution is 2.36. The average Bonchev–Trinajstić information content (AvgIpc) is 3.00. The van der Waals surface area contributed by atoms with E-state index in [2.05, 4.69) is 35.3 Å². The normalized spacial score (nSPS) is 13.1. The van der Waals surface area contributed by atoms with E-state index in [-0.39, 0.29) is 0 Å². The van der Waals surface area contributed by atoms with Crippen molar-refractivity contribution in [2.45, 2.75) is 12.8 Å². The molecule has 1 aliphatic rings. The summed E-state index contributed by atoms with van der Waals surface area (Å²) >= 11 is 0. The first kappa shape index (κ1) is 11.9. The van der Waals surface area contributed by atoms with Gasteiger partial charge in [0.2, 0.25) is 0 Å². The van der Waals surface area contributed by atoms with Crippen molar-refractivity contribution in [2.75, 3.05) is 0 Å². The van der Waals surface area contributed by atoms with Gasteiger partial charge in [0, 0.05) is 17.1 Å². The van der Waals surface area contributed by atoms with Gasteiger partial charge in [-0.1, -0.05) is 48.5 Å². The molecule has 104 valence electrons. The summed E-state index contributed by atoms with van der Waals surface area (Å²) in [6.45, 7) is 0. The Morgan fingerprint density at radius 2 is 1.64 bits per heavy atom. The molecule has 5 rings (SSSR count). The SMILES string of the molecule is c1ccc2nc(-c3ccc4c5c(cccc35)CC4)ncc2c1. The van der Waals surface area contributed by atoms with Crippen LogP contribution in [0, 0.1) is 0 Å². The molecule has 0 atom stereocenters. The van der Waals surface area contributed by atoms with Gasteiger partial charge in [0.1, 0.15) is 0 Å². The molecule has 22 heavy (non-hydrogen) atoms. The van der Waals surface area contributed by atoms with Gasteiger partial charge >= 0.3 is 0 Å². The second-order valence-electron chi connectivity index (χ2n) is 5.86. The van der Waals surface area contributed by atoms with Crippen molar-refractivity contribution in [2.24, 2.45) is 0 Å². The lowest BCUT2D eigenvalue weighted by atomic mass is 9.99. The van der Waals surface area contributed by atoms with Crippen LogP contribution in [-0.2, 0) is 12.8 Å². The lowest BCUT2D eigenvalue weighted by Gasteiger charge is -2.08. The van der Waals surface area contributed by atoms with E-state index in [4.69, 9.17) is 4.98 Å². The van der Waals surface area contributed by atoms with Gasteiger partial charge in [0.15, 0.2) is 5.82 Å². The van der Waals surface area contributed by atoms with E-state index in [1.807, 2.05) is 30.5 Å². The highest BCUT2D eigenvalue weighted by molar-refractivity contribution is 6.00. The molecule has 0 unspecified atom stereocenters. The third-order valence-electron chi connectivity index (χ3n) is 4.61. The van der Waals surface area contributed by atoms with Crippen LogP contribution in [0.5, 0.6) is 0 Å². The Balaban J connectivity index is 1.83. The molecule has 2 nitrogen and oxygen atoms in total. The first-order valence-electron chi connectivity index (χ1n) is 7.66. The first-order valence-corrected chi connectivity index (χ1v) is 7.66. The van der Waals surface area contributed by atoms with Gasteiger partial charge in [-0.2, -0.15) is 0 Å². The number of aromatic nitrogens is 2. The number of benzene rings is 3. The number of hydrogen-bond acceptors (Lipinski definition) is 2. The smallest absolute Gasteiger partial charge is 0.160 e. The average molecular weight is 282 g/mol. The number of fused-ring (bicyclic) bond motifs is 1. The fourth-order valence-corrected chi connectivity index (χ4v) is 3.54. The zero-order valence-electron chi connectivity index (χ0n) is 12.1. The van der Waals surface area contributed by atoms with E-state index < -0.39 is 0 Å². The second kappa shape index (κ2) is 4.38. The Morgan fingerprint density at radius 3 is 2.59 bits per heavy atom. The molecule has 3 aromatic carbocycles. The summed E-state index contributed by atoms with van der Waals surface area (Å²) in [4.78, 5) is 9.36. The van der Waals surface area contributed by atoms with E-state index in [1.54, 1.807) is 0 Å². The van der Waals surface area contributed by atoms with E-state index in [0.29, 0.717) is 0 Å². The summed E-state index contributed by atoms with van der Waals surface area (Å²) in [7, 11) is 0. The summed E-state index contributed by atoms with van der Waals surface area (Å²) in [5.74, 6) is 0.814. The van der Waals surface area contributed by atoms with Crippen molar-refractivity contribution in [3.8, 4) is 11.4 Å². The quantitative estimate of drug-likeness (QED) is 0.512. The van der Waals surface area contributed by atoms with Crippen LogP contribution in [0.15, 0.2) is 60.8 Å². The Bertz CT molecular complexity index is 1020. The van der Waals surface area contributed by atoms with E-state index in [9.17, 15) is 0 Å². The standard InChI is InChI=1S/C20H14N2/c1-2-7-18-15(4-1)12-21-20(22-18)17-11-10-14-9-8-13-5-3-6-16(17)19(13)14/h1-7,10-12H,8-9H2. The van der Waals surface area contributed by atoms with Gasteiger partial charge in [-0.25, -0.2) is 9.97 Å². The van der Waals surface area contributed by atoms with Crippen molar-refractivity contribution in [3.63, 3.8) is 0 Å². The van der Waals surface area contributed by atoms with Crippen LogP contribution in [0.25, 0.3) is 33.1 Å². The monoisotopic (exact) mass is 282 g/mol. The summed E-state index contributed by atoms with van der Waals surface area (Å²) in [6.07, 6.45) is 4.21. The van der Waals surface area contributed by atoms with Crippen molar-refractivity contribution >= 4 is 21.7 Å². The number of aryl methyl sites for hydroxylation is 2.